The topological polar surface area (TPSA) is 36.4 Å². The van der Waals surface area contributed by atoms with Crippen LogP contribution in [-0.4, -0.2) is 43.0 Å². The summed E-state index contributed by atoms with van der Waals surface area (Å²) in [4.78, 5) is 20.8. The van der Waals surface area contributed by atoms with Crippen LogP contribution in [-0.2, 0) is 4.79 Å². The SMILES string of the molecule is CN(C)C(=O)[C@H]1CCCN(c2nc3ccccc3s2)C1. The Morgan fingerprint density at radius 2 is 2.20 bits per heavy atom. The van der Waals surface area contributed by atoms with Crippen molar-refractivity contribution in [1.82, 2.24) is 9.88 Å². The molecule has 1 aromatic carbocycles. The third-order valence-electron chi connectivity index (χ3n) is 3.76. The number of anilines is 1. The number of hydrogen-bond acceptors (Lipinski definition) is 4. The zero-order chi connectivity index (χ0) is 14.1. The van der Waals surface area contributed by atoms with Crippen molar-refractivity contribution < 1.29 is 4.79 Å². The monoisotopic (exact) mass is 289 g/mol. The number of para-hydroxylation sites is 1. The van der Waals surface area contributed by atoms with Crippen LogP contribution in [0.5, 0.6) is 0 Å². The molecule has 106 valence electrons. The Bertz CT molecular complexity index is 589. The quantitative estimate of drug-likeness (QED) is 0.852. The molecule has 1 amide bonds. The van der Waals surface area contributed by atoms with E-state index >= 15 is 0 Å². The average Bonchev–Trinajstić information content (AvgIpc) is 2.90. The molecule has 0 saturated carbocycles. The molecule has 2 heterocycles. The molecule has 0 radical (unpaired) electrons. The first kappa shape index (κ1) is 13.4. The van der Waals surface area contributed by atoms with Crippen LogP contribution in [0.3, 0.4) is 0 Å². The molecule has 0 spiro atoms. The molecule has 0 aliphatic carbocycles. The fourth-order valence-electron chi connectivity index (χ4n) is 2.71. The van der Waals surface area contributed by atoms with Gasteiger partial charge in [-0.15, -0.1) is 0 Å². The van der Waals surface area contributed by atoms with Gasteiger partial charge in [-0.25, -0.2) is 4.98 Å². The molecule has 1 aromatic heterocycles. The highest BCUT2D eigenvalue weighted by atomic mass is 32.1. The predicted octanol–water partition coefficient (Wildman–Crippen LogP) is 2.60. The zero-order valence-electron chi connectivity index (χ0n) is 11.9. The molecule has 20 heavy (non-hydrogen) atoms. The number of rotatable bonds is 2. The molecule has 5 heteroatoms. The number of carbonyl (C=O) groups excluding carboxylic acids is 1. The molecular weight excluding hydrogens is 270 g/mol. The van der Waals surface area contributed by atoms with Gasteiger partial charge in [-0.05, 0) is 25.0 Å². The summed E-state index contributed by atoms with van der Waals surface area (Å²) >= 11 is 1.72. The third-order valence-corrected chi connectivity index (χ3v) is 4.86. The Hall–Kier alpha value is -1.62. The van der Waals surface area contributed by atoms with Crippen molar-refractivity contribution in [3.63, 3.8) is 0 Å². The maximum absolute atomic E-state index is 12.1. The fourth-order valence-corrected chi connectivity index (χ4v) is 3.71. The molecule has 4 nitrogen and oxygen atoms in total. The Kier molecular flexibility index (Phi) is 3.61. The second-order valence-corrected chi connectivity index (χ2v) is 6.49. The largest absolute Gasteiger partial charge is 0.349 e. The van der Waals surface area contributed by atoms with Gasteiger partial charge in [0.2, 0.25) is 5.91 Å². The van der Waals surface area contributed by atoms with Crippen molar-refractivity contribution in [3.05, 3.63) is 24.3 Å². The minimum Gasteiger partial charge on any atom is -0.349 e. The smallest absolute Gasteiger partial charge is 0.226 e. The fraction of sp³-hybridized carbons (Fsp3) is 0.467. The van der Waals surface area contributed by atoms with E-state index < -0.39 is 0 Å². The average molecular weight is 289 g/mol. The third kappa shape index (κ3) is 2.50. The first-order valence-electron chi connectivity index (χ1n) is 6.97. The van der Waals surface area contributed by atoms with Gasteiger partial charge in [-0.2, -0.15) is 0 Å². The van der Waals surface area contributed by atoms with Crippen LogP contribution in [0.25, 0.3) is 10.2 Å². The van der Waals surface area contributed by atoms with Crippen molar-refractivity contribution in [1.29, 1.82) is 0 Å². The van der Waals surface area contributed by atoms with E-state index in [4.69, 9.17) is 4.98 Å². The Labute approximate surface area is 123 Å². The van der Waals surface area contributed by atoms with Gasteiger partial charge in [-0.3, -0.25) is 4.79 Å². The van der Waals surface area contributed by atoms with Crippen LogP contribution in [0.4, 0.5) is 5.13 Å². The number of benzene rings is 1. The van der Waals surface area contributed by atoms with E-state index in [2.05, 4.69) is 11.0 Å². The molecule has 1 saturated heterocycles. The lowest BCUT2D eigenvalue weighted by atomic mass is 9.97. The lowest BCUT2D eigenvalue weighted by Crippen LogP contribution is -2.42. The van der Waals surface area contributed by atoms with Crippen molar-refractivity contribution in [3.8, 4) is 0 Å². The van der Waals surface area contributed by atoms with Crippen LogP contribution in [0.15, 0.2) is 24.3 Å². The maximum Gasteiger partial charge on any atom is 0.226 e. The number of hydrogen-bond donors (Lipinski definition) is 0. The first-order chi connectivity index (χ1) is 9.65. The van der Waals surface area contributed by atoms with E-state index in [1.807, 2.05) is 32.3 Å². The first-order valence-corrected chi connectivity index (χ1v) is 7.78. The van der Waals surface area contributed by atoms with Gasteiger partial charge in [-0.1, -0.05) is 23.5 Å². The molecule has 1 atom stereocenters. The molecule has 2 aromatic rings. The summed E-state index contributed by atoms with van der Waals surface area (Å²) in [5.41, 5.74) is 1.05. The molecule has 0 bridgehead atoms. The number of aromatic nitrogens is 1. The van der Waals surface area contributed by atoms with Crippen molar-refractivity contribution in [2.24, 2.45) is 5.92 Å². The Balaban J connectivity index is 1.81. The standard InChI is InChI=1S/C15H19N3OS/c1-17(2)14(19)11-6-5-9-18(10-11)15-16-12-7-3-4-8-13(12)20-15/h3-4,7-8,11H,5-6,9-10H2,1-2H3/t11-/m0/s1. The normalized spacial score (nSPS) is 19.3. The minimum absolute atomic E-state index is 0.103. The van der Waals surface area contributed by atoms with E-state index in [9.17, 15) is 4.79 Å². The number of fused-ring (bicyclic) bond motifs is 1. The number of thiazole rings is 1. The summed E-state index contributed by atoms with van der Waals surface area (Å²) in [5.74, 6) is 0.335. The summed E-state index contributed by atoms with van der Waals surface area (Å²) in [6.07, 6.45) is 2.04. The van der Waals surface area contributed by atoms with Gasteiger partial charge in [0.05, 0.1) is 16.1 Å². The van der Waals surface area contributed by atoms with Gasteiger partial charge >= 0.3 is 0 Å². The summed E-state index contributed by atoms with van der Waals surface area (Å²) in [6.45, 7) is 1.79. The minimum atomic E-state index is 0.103. The Morgan fingerprint density at radius 1 is 1.40 bits per heavy atom. The molecule has 1 aliphatic rings. The lowest BCUT2D eigenvalue weighted by Gasteiger charge is -2.32. The van der Waals surface area contributed by atoms with Crippen LogP contribution in [0.1, 0.15) is 12.8 Å². The molecule has 1 fully saturated rings. The summed E-state index contributed by atoms with van der Waals surface area (Å²) < 4.78 is 1.21. The predicted molar refractivity (Wildman–Crippen MR) is 83.3 cm³/mol. The summed E-state index contributed by atoms with van der Waals surface area (Å²) in [5, 5.41) is 1.04. The van der Waals surface area contributed by atoms with E-state index in [-0.39, 0.29) is 11.8 Å². The number of piperidine rings is 1. The molecule has 0 unspecified atom stereocenters. The van der Waals surface area contributed by atoms with Gasteiger partial charge < -0.3 is 9.80 Å². The highest BCUT2D eigenvalue weighted by Gasteiger charge is 2.28. The molecule has 1 aliphatic heterocycles. The van der Waals surface area contributed by atoms with E-state index in [1.165, 1.54) is 4.70 Å². The van der Waals surface area contributed by atoms with E-state index in [1.54, 1.807) is 16.2 Å². The van der Waals surface area contributed by atoms with Crippen molar-refractivity contribution in [2.75, 3.05) is 32.1 Å². The zero-order valence-corrected chi connectivity index (χ0v) is 12.7. The van der Waals surface area contributed by atoms with Crippen molar-refractivity contribution >= 4 is 32.6 Å². The van der Waals surface area contributed by atoms with E-state index in [0.29, 0.717) is 0 Å². The van der Waals surface area contributed by atoms with Gasteiger partial charge in [0, 0.05) is 27.2 Å². The Morgan fingerprint density at radius 3 is 2.95 bits per heavy atom. The number of nitrogens with zero attached hydrogens (tertiary/aromatic N) is 3. The number of amides is 1. The summed E-state index contributed by atoms with van der Waals surface area (Å²) in [7, 11) is 3.66. The second-order valence-electron chi connectivity index (χ2n) is 5.48. The van der Waals surface area contributed by atoms with Gasteiger partial charge in [0.1, 0.15) is 0 Å². The van der Waals surface area contributed by atoms with Gasteiger partial charge in [0.15, 0.2) is 5.13 Å². The second kappa shape index (κ2) is 5.40. The highest BCUT2D eigenvalue weighted by Crippen LogP contribution is 2.31. The van der Waals surface area contributed by atoms with Crippen LogP contribution < -0.4 is 4.90 Å². The number of carbonyl (C=O) groups is 1. The molecule has 3 rings (SSSR count). The molecular formula is C15H19N3OS. The van der Waals surface area contributed by atoms with Gasteiger partial charge in [0.25, 0.3) is 0 Å². The van der Waals surface area contributed by atoms with Crippen molar-refractivity contribution in [2.45, 2.75) is 12.8 Å². The molecule has 0 N–H and O–H groups in total. The van der Waals surface area contributed by atoms with Crippen LogP contribution in [0, 0.1) is 5.92 Å². The van der Waals surface area contributed by atoms with Crippen LogP contribution in [0.2, 0.25) is 0 Å². The highest BCUT2D eigenvalue weighted by molar-refractivity contribution is 7.22. The van der Waals surface area contributed by atoms with Crippen LogP contribution >= 0.6 is 11.3 Å². The summed E-state index contributed by atoms with van der Waals surface area (Å²) in [6, 6.07) is 8.20. The lowest BCUT2D eigenvalue weighted by molar-refractivity contribution is -0.133. The maximum atomic E-state index is 12.1. The van der Waals surface area contributed by atoms with E-state index in [0.717, 1.165) is 36.6 Å².